The molecular formula is C14H20N2O2. The fraction of sp³-hybridized carbons (Fsp3) is 0.500. The minimum absolute atomic E-state index is 0.0390. The van der Waals surface area contributed by atoms with Gasteiger partial charge in [0.2, 0.25) is 0 Å². The molecule has 0 radical (unpaired) electrons. The number of benzene rings is 1. The SMILES string of the molecule is CC(C)Oc1cccc(C(=O)N2CC[C@@H](N)C2)c1. The van der Waals surface area contributed by atoms with Crippen LogP contribution in [-0.2, 0) is 0 Å². The summed E-state index contributed by atoms with van der Waals surface area (Å²) < 4.78 is 5.59. The van der Waals surface area contributed by atoms with Gasteiger partial charge in [0.05, 0.1) is 6.10 Å². The Morgan fingerprint density at radius 1 is 1.50 bits per heavy atom. The number of nitrogens with two attached hydrogens (primary N) is 1. The van der Waals surface area contributed by atoms with Crippen molar-refractivity contribution < 1.29 is 9.53 Å². The number of hydrogen-bond donors (Lipinski definition) is 1. The molecule has 1 aliphatic rings. The van der Waals surface area contributed by atoms with Gasteiger partial charge in [0.1, 0.15) is 5.75 Å². The van der Waals surface area contributed by atoms with Gasteiger partial charge in [0, 0.05) is 24.7 Å². The van der Waals surface area contributed by atoms with Crippen LogP contribution in [0, 0.1) is 0 Å². The molecule has 0 aromatic heterocycles. The van der Waals surface area contributed by atoms with Gasteiger partial charge in [-0.15, -0.1) is 0 Å². The van der Waals surface area contributed by atoms with Crippen molar-refractivity contribution in [2.75, 3.05) is 13.1 Å². The molecule has 0 aliphatic carbocycles. The first-order valence-electron chi connectivity index (χ1n) is 6.38. The molecule has 98 valence electrons. The minimum atomic E-state index is 0.0390. The van der Waals surface area contributed by atoms with Gasteiger partial charge in [-0.05, 0) is 38.5 Å². The highest BCUT2D eigenvalue weighted by Gasteiger charge is 2.24. The Morgan fingerprint density at radius 2 is 2.28 bits per heavy atom. The second-order valence-corrected chi connectivity index (χ2v) is 4.99. The van der Waals surface area contributed by atoms with Gasteiger partial charge in [0.25, 0.3) is 5.91 Å². The van der Waals surface area contributed by atoms with Gasteiger partial charge in [0.15, 0.2) is 0 Å². The van der Waals surface area contributed by atoms with Crippen LogP contribution in [0.4, 0.5) is 0 Å². The fourth-order valence-corrected chi connectivity index (χ4v) is 2.13. The van der Waals surface area contributed by atoms with E-state index in [0.717, 1.165) is 18.7 Å². The second-order valence-electron chi connectivity index (χ2n) is 4.99. The third kappa shape index (κ3) is 3.01. The molecule has 1 aromatic rings. The van der Waals surface area contributed by atoms with Gasteiger partial charge in [-0.3, -0.25) is 4.79 Å². The summed E-state index contributed by atoms with van der Waals surface area (Å²) >= 11 is 0. The van der Waals surface area contributed by atoms with Crippen molar-refractivity contribution in [3.05, 3.63) is 29.8 Å². The van der Waals surface area contributed by atoms with Gasteiger partial charge in [-0.1, -0.05) is 6.07 Å². The number of ether oxygens (including phenoxy) is 1. The summed E-state index contributed by atoms with van der Waals surface area (Å²) in [7, 11) is 0. The monoisotopic (exact) mass is 248 g/mol. The third-order valence-corrected chi connectivity index (χ3v) is 2.96. The molecule has 1 heterocycles. The molecule has 0 unspecified atom stereocenters. The van der Waals surface area contributed by atoms with E-state index in [1.807, 2.05) is 32.0 Å². The maximum Gasteiger partial charge on any atom is 0.254 e. The highest BCUT2D eigenvalue weighted by Crippen LogP contribution is 2.18. The topological polar surface area (TPSA) is 55.6 Å². The Hall–Kier alpha value is -1.55. The summed E-state index contributed by atoms with van der Waals surface area (Å²) in [5, 5.41) is 0. The van der Waals surface area contributed by atoms with Gasteiger partial charge >= 0.3 is 0 Å². The van der Waals surface area contributed by atoms with Crippen LogP contribution in [0.3, 0.4) is 0 Å². The predicted octanol–water partition coefficient (Wildman–Crippen LogP) is 1.65. The molecule has 1 amide bonds. The first-order valence-corrected chi connectivity index (χ1v) is 6.38. The Kier molecular flexibility index (Phi) is 3.87. The standard InChI is InChI=1S/C14H20N2O2/c1-10(2)18-13-5-3-4-11(8-13)14(17)16-7-6-12(15)9-16/h3-5,8,10,12H,6-7,9,15H2,1-2H3/t12-/m1/s1. The van der Waals surface area contributed by atoms with Crippen LogP contribution in [-0.4, -0.2) is 36.0 Å². The summed E-state index contributed by atoms with van der Waals surface area (Å²) in [6.45, 7) is 5.32. The Bertz CT molecular complexity index is 432. The lowest BCUT2D eigenvalue weighted by Crippen LogP contribution is -2.31. The van der Waals surface area contributed by atoms with Gasteiger partial charge in [-0.2, -0.15) is 0 Å². The van der Waals surface area contributed by atoms with Crippen molar-refractivity contribution in [2.45, 2.75) is 32.4 Å². The molecule has 1 aliphatic heterocycles. The van der Waals surface area contributed by atoms with E-state index in [1.165, 1.54) is 0 Å². The van der Waals surface area contributed by atoms with Crippen LogP contribution in [0.1, 0.15) is 30.6 Å². The van der Waals surface area contributed by atoms with Crippen molar-refractivity contribution in [3.63, 3.8) is 0 Å². The van der Waals surface area contributed by atoms with E-state index in [9.17, 15) is 4.79 Å². The molecule has 0 saturated carbocycles. The highest BCUT2D eigenvalue weighted by molar-refractivity contribution is 5.94. The Morgan fingerprint density at radius 3 is 2.89 bits per heavy atom. The normalized spacial score (nSPS) is 19.3. The Balaban J connectivity index is 2.10. The smallest absolute Gasteiger partial charge is 0.254 e. The van der Waals surface area contributed by atoms with Crippen LogP contribution in [0.2, 0.25) is 0 Å². The van der Waals surface area contributed by atoms with E-state index >= 15 is 0 Å². The zero-order valence-corrected chi connectivity index (χ0v) is 10.9. The maximum atomic E-state index is 12.2. The first kappa shape index (κ1) is 12.9. The van der Waals surface area contributed by atoms with Gasteiger partial charge < -0.3 is 15.4 Å². The highest BCUT2D eigenvalue weighted by atomic mass is 16.5. The van der Waals surface area contributed by atoms with E-state index in [2.05, 4.69) is 0 Å². The van der Waals surface area contributed by atoms with Crippen LogP contribution in [0.25, 0.3) is 0 Å². The molecule has 1 atom stereocenters. The second kappa shape index (κ2) is 5.40. The van der Waals surface area contributed by atoms with Crippen LogP contribution < -0.4 is 10.5 Å². The summed E-state index contributed by atoms with van der Waals surface area (Å²) in [4.78, 5) is 14.1. The zero-order chi connectivity index (χ0) is 13.1. The number of carbonyl (C=O) groups excluding carboxylic acids is 1. The summed E-state index contributed by atoms with van der Waals surface area (Å²) in [6.07, 6.45) is 0.990. The molecular weight excluding hydrogens is 228 g/mol. The van der Waals surface area contributed by atoms with Gasteiger partial charge in [-0.25, -0.2) is 0 Å². The fourth-order valence-electron chi connectivity index (χ4n) is 2.13. The molecule has 1 aromatic carbocycles. The van der Waals surface area contributed by atoms with Crippen molar-refractivity contribution in [1.82, 2.24) is 4.90 Å². The number of hydrogen-bond acceptors (Lipinski definition) is 3. The van der Waals surface area contributed by atoms with Crippen LogP contribution in [0.5, 0.6) is 5.75 Å². The molecule has 2 rings (SSSR count). The van der Waals surface area contributed by atoms with Crippen molar-refractivity contribution in [1.29, 1.82) is 0 Å². The molecule has 1 fully saturated rings. The van der Waals surface area contributed by atoms with E-state index in [-0.39, 0.29) is 18.1 Å². The minimum Gasteiger partial charge on any atom is -0.491 e. The summed E-state index contributed by atoms with van der Waals surface area (Å²) in [6, 6.07) is 7.45. The number of nitrogens with zero attached hydrogens (tertiary/aromatic N) is 1. The Labute approximate surface area is 108 Å². The average Bonchev–Trinajstić information content (AvgIpc) is 2.74. The predicted molar refractivity (Wildman–Crippen MR) is 70.7 cm³/mol. The molecule has 0 bridgehead atoms. The van der Waals surface area contributed by atoms with E-state index in [4.69, 9.17) is 10.5 Å². The molecule has 1 saturated heterocycles. The van der Waals surface area contributed by atoms with E-state index in [0.29, 0.717) is 12.1 Å². The molecule has 18 heavy (non-hydrogen) atoms. The molecule has 4 nitrogen and oxygen atoms in total. The largest absolute Gasteiger partial charge is 0.491 e. The number of rotatable bonds is 3. The van der Waals surface area contributed by atoms with E-state index < -0.39 is 0 Å². The first-order chi connectivity index (χ1) is 8.56. The third-order valence-electron chi connectivity index (χ3n) is 2.96. The van der Waals surface area contributed by atoms with Crippen molar-refractivity contribution in [3.8, 4) is 5.75 Å². The lowest BCUT2D eigenvalue weighted by Gasteiger charge is -2.17. The number of likely N-dealkylation sites (tertiary alicyclic amines) is 1. The number of amides is 1. The summed E-state index contributed by atoms with van der Waals surface area (Å²) in [5.41, 5.74) is 6.49. The van der Waals surface area contributed by atoms with E-state index in [1.54, 1.807) is 11.0 Å². The van der Waals surface area contributed by atoms with Crippen molar-refractivity contribution in [2.24, 2.45) is 5.73 Å². The number of carbonyl (C=O) groups is 1. The van der Waals surface area contributed by atoms with Crippen LogP contribution >= 0.6 is 0 Å². The molecule has 0 spiro atoms. The molecule has 2 N–H and O–H groups in total. The van der Waals surface area contributed by atoms with Crippen LogP contribution in [0.15, 0.2) is 24.3 Å². The average molecular weight is 248 g/mol. The van der Waals surface area contributed by atoms with Crippen molar-refractivity contribution >= 4 is 5.91 Å². The maximum absolute atomic E-state index is 12.2. The summed E-state index contributed by atoms with van der Waals surface area (Å²) in [5.74, 6) is 0.775. The molecule has 4 heteroatoms. The lowest BCUT2D eigenvalue weighted by atomic mass is 10.2. The zero-order valence-electron chi connectivity index (χ0n) is 10.9. The quantitative estimate of drug-likeness (QED) is 0.885. The lowest BCUT2D eigenvalue weighted by molar-refractivity contribution is 0.0790.